The smallest absolute Gasteiger partial charge is 0.312 e. The summed E-state index contributed by atoms with van der Waals surface area (Å²) in [6.07, 6.45) is -1.75. The highest BCUT2D eigenvalue weighted by Gasteiger charge is 2.32. The second-order valence-corrected chi connectivity index (χ2v) is 5.90. The number of nitrogens with one attached hydrogen (secondary N) is 1. The zero-order chi connectivity index (χ0) is 15.3. The van der Waals surface area contributed by atoms with E-state index >= 15 is 0 Å². The second kappa shape index (κ2) is 7.27. The number of hydrogen-bond acceptors (Lipinski definition) is 2. The van der Waals surface area contributed by atoms with Crippen LogP contribution in [0.3, 0.4) is 0 Å². The molecule has 0 spiro atoms. The zero-order valence-corrected chi connectivity index (χ0v) is 12.4. The number of halogens is 3. The normalized spacial score (nSPS) is 18.1. The summed E-state index contributed by atoms with van der Waals surface area (Å²) in [5, 5.41) is 3.16. The number of alkyl halides is 3. The van der Waals surface area contributed by atoms with Crippen molar-refractivity contribution in [1.82, 2.24) is 10.2 Å². The maximum atomic E-state index is 12.9. The number of nitrogens with zero attached hydrogens (tertiary/aromatic N) is 1. The fraction of sp³-hybridized carbons (Fsp3) is 0.625. The lowest BCUT2D eigenvalue weighted by molar-refractivity contribution is -0.138. The molecule has 1 heterocycles. The summed E-state index contributed by atoms with van der Waals surface area (Å²) in [6.45, 7) is 6.47. The molecule has 0 amide bonds. The van der Waals surface area contributed by atoms with Crippen LogP contribution in [-0.4, -0.2) is 31.1 Å². The average molecular weight is 300 g/mol. The number of benzene rings is 1. The van der Waals surface area contributed by atoms with Crippen LogP contribution in [0, 0.1) is 5.92 Å². The largest absolute Gasteiger partial charge is 0.416 e. The molecule has 21 heavy (non-hydrogen) atoms. The van der Waals surface area contributed by atoms with Gasteiger partial charge in [-0.3, -0.25) is 0 Å². The van der Waals surface area contributed by atoms with Gasteiger partial charge in [0, 0.05) is 13.1 Å². The Labute approximate surface area is 124 Å². The number of likely N-dealkylation sites (tertiary alicyclic amines) is 1. The molecule has 1 aliphatic heterocycles. The minimum Gasteiger partial charge on any atom is -0.312 e. The minimum atomic E-state index is -4.28. The highest BCUT2D eigenvalue weighted by Crippen LogP contribution is 2.31. The topological polar surface area (TPSA) is 15.3 Å². The molecule has 0 aliphatic carbocycles. The minimum absolute atomic E-state index is 0.264. The zero-order valence-electron chi connectivity index (χ0n) is 12.4. The Balaban J connectivity index is 1.80. The van der Waals surface area contributed by atoms with Gasteiger partial charge in [0.2, 0.25) is 0 Å². The quantitative estimate of drug-likeness (QED) is 0.864. The third-order valence-corrected chi connectivity index (χ3v) is 3.90. The molecule has 1 fully saturated rings. The maximum absolute atomic E-state index is 12.9. The van der Waals surface area contributed by atoms with Crippen molar-refractivity contribution in [2.75, 3.05) is 26.2 Å². The van der Waals surface area contributed by atoms with Crippen LogP contribution in [0.25, 0.3) is 0 Å². The molecule has 1 saturated heterocycles. The molecule has 0 radical (unpaired) electrons. The van der Waals surface area contributed by atoms with Crippen molar-refractivity contribution in [3.05, 3.63) is 35.4 Å². The fourth-order valence-electron chi connectivity index (χ4n) is 2.87. The monoisotopic (exact) mass is 300 g/mol. The first-order chi connectivity index (χ1) is 9.97. The first kappa shape index (κ1) is 16.3. The maximum Gasteiger partial charge on any atom is 0.416 e. The Kier molecular flexibility index (Phi) is 5.65. The Bertz CT molecular complexity index is 439. The van der Waals surface area contributed by atoms with E-state index < -0.39 is 11.7 Å². The second-order valence-electron chi connectivity index (χ2n) is 5.90. The van der Waals surface area contributed by atoms with Gasteiger partial charge >= 0.3 is 6.18 Å². The Morgan fingerprint density at radius 3 is 2.52 bits per heavy atom. The number of hydrogen-bond donors (Lipinski definition) is 1. The van der Waals surface area contributed by atoms with Crippen LogP contribution in [0.5, 0.6) is 0 Å². The summed E-state index contributed by atoms with van der Waals surface area (Å²) >= 11 is 0. The first-order valence-corrected chi connectivity index (χ1v) is 7.55. The van der Waals surface area contributed by atoms with Crippen LogP contribution in [0.1, 0.15) is 30.9 Å². The summed E-state index contributed by atoms with van der Waals surface area (Å²) in [5.41, 5.74) is -0.219. The van der Waals surface area contributed by atoms with Gasteiger partial charge in [0.15, 0.2) is 0 Å². The molecule has 1 N–H and O–H groups in total. The molecule has 1 aromatic rings. The summed E-state index contributed by atoms with van der Waals surface area (Å²) in [4.78, 5) is 2.43. The van der Waals surface area contributed by atoms with Crippen LogP contribution in [-0.2, 0) is 12.7 Å². The van der Waals surface area contributed by atoms with E-state index in [2.05, 4.69) is 17.1 Å². The summed E-state index contributed by atoms with van der Waals surface area (Å²) in [5.74, 6) is 0.446. The molecule has 0 aromatic heterocycles. The Hall–Kier alpha value is -1.07. The molecule has 1 aromatic carbocycles. The molecular weight excluding hydrogens is 277 g/mol. The van der Waals surface area contributed by atoms with Crippen molar-refractivity contribution in [3.63, 3.8) is 0 Å². The average Bonchev–Trinajstić information content (AvgIpc) is 2.91. The third kappa shape index (κ3) is 5.00. The highest BCUT2D eigenvalue weighted by atomic mass is 19.4. The summed E-state index contributed by atoms with van der Waals surface area (Å²) in [6, 6.07) is 5.77. The predicted molar refractivity (Wildman–Crippen MR) is 78.0 cm³/mol. The van der Waals surface area contributed by atoms with E-state index in [1.54, 1.807) is 12.1 Å². The van der Waals surface area contributed by atoms with Crippen molar-refractivity contribution in [1.29, 1.82) is 0 Å². The SMILES string of the molecule is CC(CNCc1ccccc1C(F)(F)F)CN1CCCC1. The van der Waals surface area contributed by atoms with Crippen molar-refractivity contribution in [2.24, 2.45) is 5.92 Å². The lowest BCUT2D eigenvalue weighted by Gasteiger charge is -2.21. The van der Waals surface area contributed by atoms with Gasteiger partial charge in [-0.2, -0.15) is 13.2 Å². The van der Waals surface area contributed by atoms with E-state index in [9.17, 15) is 13.2 Å². The van der Waals surface area contributed by atoms with Gasteiger partial charge in [0.1, 0.15) is 0 Å². The number of rotatable bonds is 6. The van der Waals surface area contributed by atoms with E-state index in [1.165, 1.54) is 18.9 Å². The van der Waals surface area contributed by atoms with Crippen molar-refractivity contribution in [3.8, 4) is 0 Å². The first-order valence-electron chi connectivity index (χ1n) is 7.55. The lowest BCUT2D eigenvalue weighted by atomic mass is 10.1. The molecule has 1 atom stereocenters. The van der Waals surface area contributed by atoms with E-state index in [1.807, 2.05) is 0 Å². The Morgan fingerprint density at radius 1 is 1.19 bits per heavy atom. The molecule has 1 aliphatic rings. The van der Waals surface area contributed by atoms with Gasteiger partial charge in [0.05, 0.1) is 5.56 Å². The van der Waals surface area contributed by atoms with Gasteiger partial charge < -0.3 is 10.2 Å². The highest BCUT2D eigenvalue weighted by molar-refractivity contribution is 5.29. The van der Waals surface area contributed by atoms with Gasteiger partial charge in [-0.15, -0.1) is 0 Å². The van der Waals surface area contributed by atoms with Crippen molar-refractivity contribution < 1.29 is 13.2 Å². The van der Waals surface area contributed by atoms with Crippen molar-refractivity contribution >= 4 is 0 Å². The van der Waals surface area contributed by atoms with Crippen LogP contribution in [0.15, 0.2) is 24.3 Å². The molecule has 2 rings (SSSR count). The van der Waals surface area contributed by atoms with Gasteiger partial charge in [-0.1, -0.05) is 25.1 Å². The van der Waals surface area contributed by atoms with Crippen LogP contribution in [0.2, 0.25) is 0 Å². The molecule has 5 heteroatoms. The van der Waals surface area contributed by atoms with E-state index in [0.29, 0.717) is 11.5 Å². The summed E-state index contributed by atoms with van der Waals surface area (Å²) < 4.78 is 38.6. The van der Waals surface area contributed by atoms with E-state index in [4.69, 9.17) is 0 Å². The Morgan fingerprint density at radius 2 is 1.86 bits per heavy atom. The fourth-order valence-corrected chi connectivity index (χ4v) is 2.87. The molecule has 2 nitrogen and oxygen atoms in total. The lowest BCUT2D eigenvalue weighted by Crippen LogP contribution is -2.31. The molecule has 0 bridgehead atoms. The standard InChI is InChI=1S/C16H23F3N2/c1-13(12-21-8-4-5-9-21)10-20-11-14-6-2-3-7-15(14)16(17,18)19/h2-3,6-7,13,20H,4-5,8-12H2,1H3. The molecule has 0 saturated carbocycles. The van der Waals surface area contributed by atoms with E-state index in [0.717, 1.165) is 32.2 Å². The molecule has 118 valence electrons. The van der Waals surface area contributed by atoms with Crippen LogP contribution >= 0.6 is 0 Å². The van der Waals surface area contributed by atoms with Gasteiger partial charge in [-0.25, -0.2) is 0 Å². The van der Waals surface area contributed by atoms with Crippen molar-refractivity contribution in [2.45, 2.75) is 32.5 Å². The van der Waals surface area contributed by atoms with Crippen LogP contribution < -0.4 is 5.32 Å². The summed E-state index contributed by atoms with van der Waals surface area (Å²) in [7, 11) is 0. The van der Waals surface area contributed by atoms with E-state index in [-0.39, 0.29) is 6.54 Å². The third-order valence-electron chi connectivity index (χ3n) is 3.90. The van der Waals surface area contributed by atoms with Gasteiger partial charge in [-0.05, 0) is 50.0 Å². The molecule has 1 unspecified atom stereocenters. The van der Waals surface area contributed by atoms with Crippen LogP contribution in [0.4, 0.5) is 13.2 Å². The predicted octanol–water partition coefficient (Wildman–Crippen LogP) is 3.53. The molecular formula is C16H23F3N2. The van der Waals surface area contributed by atoms with Gasteiger partial charge in [0.25, 0.3) is 0 Å².